The Morgan fingerprint density at radius 2 is 1.79 bits per heavy atom. The molecule has 0 bridgehead atoms. The highest BCUT2D eigenvalue weighted by molar-refractivity contribution is 7.89. The van der Waals surface area contributed by atoms with Gasteiger partial charge in [-0.2, -0.15) is 0 Å². The Kier molecular flexibility index (Phi) is 5.71. The quantitative estimate of drug-likeness (QED) is 0.641. The average molecular weight is 438 g/mol. The number of methoxy groups -OCH3 is 1. The second-order valence-corrected chi connectivity index (χ2v) is 9.49. The van der Waals surface area contributed by atoms with Crippen molar-refractivity contribution >= 4 is 21.6 Å². The largest absolute Gasteiger partial charge is 0.494 e. The Labute approximate surface area is 174 Å². The first-order chi connectivity index (χ1) is 13.5. The molecule has 3 rings (SSSR count). The van der Waals surface area contributed by atoms with Crippen LogP contribution in [-0.4, -0.2) is 30.6 Å². The van der Waals surface area contributed by atoms with Crippen molar-refractivity contribution in [2.24, 2.45) is 0 Å². The van der Waals surface area contributed by atoms with Crippen LogP contribution in [-0.2, 0) is 10.0 Å². The minimum absolute atomic E-state index is 0.122. The van der Waals surface area contributed by atoms with Crippen molar-refractivity contribution in [2.75, 3.05) is 7.11 Å². The van der Waals surface area contributed by atoms with Crippen LogP contribution in [0.25, 0.3) is 16.9 Å². The SMILES string of the molecule is COc1ccc(-c2c(Cl)ncn2-c2ccc(S(=O)(=O)NC(C)(C)C)cc2)cc1F. The number of imidazole rings is 1. The molecule has 1 N–H and O–H groups in total. The van der Waals surface area contributed by atoms with Gasteiger partial charge in [0.2, 0.25) is 10.0 Å². The van der Waals surface area contributed by atoms with Gasteiger partial charge in [-0.25, -0.2) is 22.5 Å². The fourth-order valence-electron chi connectivity index (χ4n) is 2.84. The second kappa shape index (κ2) is 7.78. The van der Waals surface area contributed by atoms with E-state index in [0.29, 0.717) is 16.9 Å². The van der Waals surface area contributed by atoms with Gasteiger partial charge < -0.3 is 4.74 Å². The summed E-state index contributed by atoms with van der Waals surface area (Å²) in [6, 6.07) is 10.8. The summed E-state index contributed by atoms with van der Waals surface area (Å²) in [4.78, 5) is 4.24. The van der Waals surface area contributed by atoms with Crippen LogP contribution in [0.2, 0.25) is 5.15 Å². The number of rotatable bonds is 5. The van der Waals surface area contributed by atoms with Gasteiger partial charge in [0.1, 0.15) is 6.33 Å². The van der Waals surface area contributed by atoms with Crippen molar-refractivity contribution in [3.05, 3.63) is 59.8 Å². The molecule has 2 aromatic carbocycles. The van der Waals surface area contributed by atoms with Crippen molar-refractivity contribution in [1.29, 1.82) is 0 Å². The fraction of sp³-hybridized carbons (Fsp3) is 0.250. The van der Waals surface area contributed by atoms with E-state index >= 15 is 0 Å². The van der Waals surface area contributed by atoms with E-state index in [9.17, 15) is 12.8 Å². The zero-order valence-electron chi connectivity index (χ0n) is 16.4. The van der Waals surface area contributed by atoms with Crippen LogP contribution in [0, 0.1) is 5.82 Å². The molecule has 0 aliphatic heterocycles. The molecule has 6 nitrogen and oxygen atoms in total. The molecule has 0 aliphatic carbocycles. The number of nitrogens with zero attached hydrogens (tertiary/aromatic N) is 2. The first kappa shape index (κ1) is 21.3. The van der Waals surface area contributed by atoms with Gasteiger partial charge in [0.25, 0.3) is 0 Å². The summed E-state index contributed by atoms with van der Waals surface area (Å²) in [5.74, 6) is -0.402. The van der Waals surface area contributed by atoms with Crippen LogP contribution in [0.3, 0.4) is 0 Å². The van der Waals surface area contributed by atoms with E-state index in [1.165, 1.54) is 37.7 Å². The van der Waals surface area contributed by atoms with Gasteiger partial charge in [0.15, 0.2) is 16.7 Å². The van der Waals surface area contributed by atoms with Gasteiger partial charge in [-0.3, -0.25) is 4.57 Å². The van der Waals surface area contributed by atoms with Gasteiger partial charge in [-0.05, 0) is 63.2 Å². The zero-order chi connectivity index (χ0) is 21.4. The Balaban J connectivity index is 2.00. The molecule has 29 heavy (non-hydrogen) atoms. The molecule has 0 saturated heterocycles. The van der Waals surface area contributed by atoms with Crippen molar-refractivity contribution in [3.8, 4) is 22.7 Å². The van der Waals surface area contributed by atoms with E-state index in [-0.39, 0.29) is 15.8 Å². The molecule has 0 amide bonds. The number of ether oxygens (including phenoxy) is 1. The maximum absolute atomic E-state index is 14.2. The minimum atomic E-state index is -3.65. The molecule has 154 valence electrons. The number of nitrogens with one attached hydrogen (secondary N) is 1. The molecule has 0 atom stereocenters. The summed E-state index contributed by atoms with van der Waals surface area (Å²) in [5, 5.41) is 0.195. The summed E-state index contributed by atoms with van der Waals surface area (Å²) >= 11 is 6.24. The van der Waals surface area contributed by atoms with E-state index in [0.717, 1.165) is 0 Å². The molecular weight excluding hydrogens is 417 g/mol. The maximum Gasteiger partial charge on any atom is 0.241 e. The van der Waals surface area contributed by atoms with Gasteiger partial charge in [-0.15, -0.1) is 0 Å². The lowest BCUT2D eigenvalue weighted by atomic mass is 10.1. The van der Waals surface area contributed by atoms with Gasteiger partial charge in [-0.1, -0.05) is 11.6 Å². The molecule has 0 radical (unpaired) electrons. The van der Waals surface area contributed by atoms with Crippen molar-refractivity contribution in [2.45, 2.75) is 31.2 Å². The van der Waals surface area contributed by atoms with Gasteiger partial charge in [0, 0.05) is 16.8 Å². The lowest BCUT2D eigenvalue weighted by Crippen LogP contribution is -2.40. The van der Waals surface area contributed by atoms with Crippen LogP contribution in [0.5, 0.6) is 5.75 Å². The van der Waals surface area contributed by atoms with E-state index in [4.69, 9.17) is 16.3 Å². The highest BCUT2D eigenvalue weighted by Gasteiger charge is 2.22. The first-order valence-electron chi connectivity index (χ1n) is 8.73. The molecule has 1 aromatic heterocycles. The Bertz CT molecular complexity index is 1140. The summed E-state index contributed by atoms with van der Waals surface area (Å²) in [6.45, 7) is 5.31. The first-order valence-corrected chi connectivity index (χ1v) is 10.6. The molecule has 0 saturated carbocycles. The number of hydrogen-bond donors (Lipinski definition) is 1. The summed E-state index contributed by atoms with van der Waals surface area (Å²) in [6.07, 6.45) is 1.50. The van der Waals surface area contributed by atoms with E-state index in [2.05, 4.69) is 9.71 Å². The fourth-order valence-corrected chi connectivity index (χ4v) is 4.50. The molecule has 3 aromatic rings. The summed E-state index contributed by atoms with van der Waals surface area (Å²) in [5.41, 5.74) is 1.03. The molecule has 9 heteroatoms. The van der Waals surface area contributed by atoms with Crippen LogP contribution in [0.4, 0.5) is 4.39 Å². The number of benzene rings is 2. The second-order valence-electron chi connectivity index (χ2n) is 7.45. The number of halogens is 2. The molecule has 0 aliphatic rings. The normalized spacial score (nSPS) is 12.2. The third-order valence-corrected chi connectivity index (χ3v) is 6.06. The summed E-state index contributed by atoms with van der Waals surface area (Å²) < 4.78 is 48.3. The van der Waals surface area contributed by atoms with Crippen molar-refractivity contribution in [1.82, 2.24) is 14.3 Å². The third-order valence-electron chi connectivity index (χ3n) is 4.01. The summed E-state index contributed by atoms with van der Waals surface area (Å²) in [7, 11) is -2.26. The van der Waals surface area contributed by atoms with Crippen molar-refractivity contribution < 1.29 is 17.5 Å². The lowest BCUT2D eigenvalue weighted by Gasteiger charge is -2.20. The molecule has 1 heterocycles. The minimum Gasteiger partial charge on any atom is -0.494 e. The monoisotopic (exact) mass is 437 g/mol. The smallest absolute Gasteiger partial charge is 0.241 e. The van der Waals surface area contributed by atoms with Crippen LogP contribution >= 0.6 is 11.6 Å². The zero-order valence-corrected chi connectivity index (χ0v) is 18.0. The van der Waals surface area contributed by atoms with Crippen LogP contribution in [0.1, 0.15) is 20.8 Å². The number of aromatic nitrogens is 2. The number of hydrogen-bond acceptors (Lipinski definition) is 4. The highest BCUT2D eigenvalue weighted by atomic mass is 35.5. The molecule has 0 spiro atoms. The molecular formula is C20H21ClFN3O3S. The van der Waals surface area contributed by atoms with E-state index in [1.807, 2.05) is 0 Å². The lowest BCUT2D eigenvalue weighted by molar-refractivity contribution is 0.386. The topological polar surface area (TPSA) is 73.2 Å². The standard InChI is InChI=1S/C20H21ClFN3O3S/c1-20(2,3)24-29(26,27)15-8-6-14(7-9-15)25-12-23-19(21)18(25)13-5-10-17(28-4)16(22)11-13/h5-12,24H,1-4H3. The van der Waals surface area contributed by atoms with Gasteiger partial charge >= 0.3 is 0 Å². The molecule has 0 fully saturated rings. The Morgan fingerprint density at radius 1 is 1.14 bits per heavy atom. The maximum atomic E-state index is 14.2. The highest BCUT2D eigenvalue weighted by Crippen LogP contribution is 2.32. The van der Waals surface area contributed by atoms with Gasteiger partial charge in [0.05, 0.1) is 17.7 Å². The van der Waals surface area contributed by atoms with Crippen molar-refractivity contribution in [3.63, 3.8) is 0 Å². The predicted molar refractivity (Wildman–Crippen MR) is 111 cm³/mol. The third kappa shape index (κ3) is 4.60. The van der Waals surface area contributed by atoms with E-state index in [1.54, 1.807) is 43.5 Å². The predicted octanol–water partition coefficient (Wildman–Crippen LogP) is 4.42. The average Bonchev–Trinajstić information content (AvgIpc) is 3.01. The van der Waals surface area contributed by atoms with E-state index < -0.39 is 21.4 Å². The van der Waals surface area contributed by atoms with Crippen LogP contribution in [0.15, 0.2) is 53.7 Å². The van der Waals surface area contributed by atoms with Crippen LogP contribution < -0.4 is 9.46 Å². The Hall–Kier alpha value is -2.42. The molecule has 0 unspecified atom stereocenters. The Morgan fingerprint density at radius 3 is 2.34 bits per heavy atom. The number of sulfonamides is 1.